The van der Waals surface area contributed by atoms with Gasteiger partial charge in [-0.3, -0.25) is 15.0 Å². The molecule has 1 atom stereocenters. The maximum atomic E-state index is 13.8. The number of pyridine rings is 1. The van der Waals surface area contributed by atoms with Crippen molar-refractivity contribution < 1.29 is 4.39 Å². The van der Waals surface area contributed by atoms with Crippen molar-refractivity contribution in [3.05, 3.63) is 86.4 Å². The molecule has 0 radical (unpaired) electrons. The third-order valence-electron chi connectivity index (χ3n) is 7.69. The first-order valence-corrected chi connectivity index (χ1v) is 15.7. The van der Waals surface area contributed by atoms with Gasteiger partial charge in [-0.05, 0) is 56.1 Å². The molecule has 0 unspecified atom stereocenters. The Morgan fingerprint density at radius 3 is 2.70 bits per heavy atom. The van der Waals surface area contributed by atoms with E-state index >= 15 is 0 Å². The molecular weight excluding hydrogens is 608 g/mol. The van der Waals surface area contributed by atoms with Crippen molar-refractivity contribution in [2.24, 2.45) is 0 Å². The lowest BCUT2D eigenvalue weighted by Crippen LogP contribution is -2.48. The summed E-state index contributed by atoms with van der Waals surface area (Å²) in [6.45, 7) is 5.54. The van der Waals surface area contributed by atoms with Gasteiger partial charge in [0.05, 0.1) is 42.9 Å². The van der Waals surface area contributed by atoms with Crippen LogP contribution >= 0.6 is 34.5 Å². The molecular formula is C30H30Cl2FN9S. The number of benzene rings is 2. The van der Waals surface area contributed by atoms with Crippen LogP contribution < -0.4 is 21.6 Å². The summed E-state index contributed by atoms with van der Waals surface area (Å²) in [5.74, 6) is -0.527. The number of rotatable bonds is 9. The van der Waals surface area contributed by atoms with E-state index in [2.05, 4.69) is 60.7 Å². The predicted molar refractivity (Wildman–Crippen MR) is 171 cm³/mol. The number of nitriles is 1. The zero-order chi connectivity index (χ0) is 29.9. The van der Waals surface area contributed by atoms with Gasteiger partial charge in [-0.15, -0.1) is 16.9 Å². The highest BCUT2D eigenvalue weighted by Gasteiger charge is 2.29. The number of nitrogens with zero attached hydrogens (tertiary/aromatic N) is 5. The summed E-state index contributed by atoms with van der Waals surface area (Å²) in [5, 5.41) is 19.9. The van der Waals surface area contributed by atoms with Crippen LogP contribution in [0.25, 0.3) is 10.9 Å². The van der Waals surface area contributed by atoms with Crippen LogP contribution in [0.4, 0.5) is 21.5 Å². The summed E-state index contributed by atoms with van der Waals surface area (Å²) < 4.78 is 13.8. The minimum atomic E-state index is -0.527. The number of halogens is 3. The second-order valence-corrected chi connectivity index (χ2v) is 12.3. The van der Waals surface area contributed by atoms with Crippen LogP contribution in [-0.4, -0.2) is 45.6 Å². The zero-order valence-electron chi connectivity index (χ0n) is 23.4. The molecule has 1 fully saturated rings. The Kier molecular flexibility index (Phi) is 8.83. The lowest BCUT2D eigenvalue weighted by atomic mass is 10.0. The molecule has 9 nitrogen and oxygen atoms in total. The molecule has 2 aromatic carbocycles. The number of piperidine rings is 1. The second kappa shape index (κ2) is 12.9. The fraction of sp³-hybridized carbons (Fsp3) is 0.300. The molecule has 6 rings (SSSR count). The van der Waals surface area contributed by atoms with Gasteiger partial charge >= 0.3 is 0 Å². The average Bonchev–Trinajstić information content (AvgIpc) is 3.72. The smallest absolute Gasteiger partial charge is 0.141 e. The fourth-order valence-corrected chi connectivity index (χ4v) is 6.68. The molecule has 2 aliphatic rings. The number of anilines is 3. The van der Waals surface area contributed by atoms with Crippen molar-refractivity contribution in [1.82, 2.24) is 30.8 Å². The lowest BCUT2D eigenvalue weighted by Gasteiger charge is -2.36. The molecule has 1 saturated heterocycles. The van der Waals surface area contributed by atoms with Gasteiger partial charge in [0.15, 0.2) is 0 Å². The minimum Gasteiger partial charge on any atom is -0.372 e. The molecule has 4 aromatic rings. The maximum Gasteiger partial charge on any atom is 0.141 e. The first kappa shape index (κ1) is 29.4. The Hall–Kier alpha value is -3.66. The van der Waals surface area contributed by atoms with E-state index in [0.29, 0.717) is 38.9 Å². The van der Waals surface area contributed by atoms with Gasteiger partial charge in [-0.1, -0.05) is 30.1 Å². The third-order valence-corrected chi connectivity index (χ3v) is 9.11. The van der Waals surface area contributed by atoms with Gasteiger partial charge in [-0.2, -0.15) is 5.26 Å². The van der Waals surface area contributed by atoms with Crippen LogP contribution in [0.2, 0.25) is 10.0 Å². The SMILES string of the molecule is CCCN1CCC(N2C=C([C@@H](Nc3cc(Cl)c4ncc(C#N)c(Nc5ccc(F)c(Cl)c5)c4c3)c3cncs3)NN2)CC1. The average molecular weight is 639 g/mol. The van der Waals surface area contributed by atoms with Gasteiger partial charge in [0, 0.05) is 54.5 Å². The number of fused-ring (bicyclic) bond motifs is 1. The summed E-state index contributed by atoms with van der Waals surface area (Å²) in [6, 6.07) is 10.3. The van der Waals surface area contributed by atoms with E-state index in [1.54, 1.807) is 22.9 Å². The lowest BCUT2D eigenvalue weighted by molar-refractivity contribution is 0.109. The van der Waals surface area contributed by atoms with Crippen LogP contribution in [-0.2, 0) is 0 Å². The number of thiazole rings is 1. The Balaban J connectivity index is 1.31. The number of nitrogens with one attached hydrogen (secondary N) is 4. The molecule has 0 aliphatic carbocycles. The number of likely N-dealkylation sites (tertiary alicyclic amines) is 1. The molecule has 0 amide bonds. The van der Waals surface area contributed by atoms with Crippen LogP contribution in [0, 0.1) is 17.1 Å². The van der Waals surface area contributed by atoms with Gasteiger partial charge < -0.3 is 21.0 Å². The Labute approximate surface area is 263 Å². The quantitative estimate of drug-likeness (QED) is 0.155. The van der Waals surface area contributed by atoms with Crippen LogP contribution in [0.5, 0.6) is 0 Å². The number of aromatic nitrogens is 2. The maximum absolute atomic E-state index is 13.8. The number of hydrogen-bond donors (Lipinski definition) is 4. The molecule has 4 heterocycles. The van der Waals surface area contributed by atoms with E-state index in [0.717, 1.165) is 48.7 Å². The standard InChI is InChI=1S/C30H30Cl2FN9S/c1-2-7-41-8-5-21(6-9-41)42-16-26(39-40-42)30(27-15-35-17-43-27)38-20-10-22-28(37-19-3-4-25(33)23(31)11-19)18(13-34)14-36-29(22)24(32)12-20/h3-4,10-12,14-17,21,30,38-40H,2,5-9H2,1H3,(H,36,37)/t30-/m1/s1. The normalized spacial score (nSPS) is 16.5. The van der Waals surface area contributed by atoms with E-state index < -0.39 is 5.82 Å². The van der Waals surface area contributed by atoms with Gasteiger partial charge in [-0.25, -0.2) is 4.39 Å². The molecule has 13 heteroatoms. The van der Waals surface area contributed by atoms with Crippen molar-refractivity contribution in [2.75, 3.05) is 30.3 Å². The monoisotopic (exact) mass is 637 g/mol. The molecule has 0 spiro atoms. The van der Waals surface area contributed by atoms with E-state index in [1.165, 1.54) is 24.8 Å². The number of hydrazine groups is 2. The molecule has 43 heavy (non-hydrogen) atoms. The predicted octanol–water partition coefficient (Wildman–Crippen LogP) is 6.95. The largest absolute Gasteiger partial charge is 0.372 e. The van der Waals surface area contributed by atoms with Crippen molar-refractivity contribution in [3.63, 3.8) is 0 Å². The Morgan fingerprint density at radius 1 is 1.16 bits per heavy atom. The number of hydrogen-bond acceptors (Lipinski definition) is 10. The summed E-state index contributed by atoms with van der Waals surface area (Å²) in [6.07, 6.45) is 8.78. The first-order chi connectivity index (χ1) is 20.9. The van der Waals surface area contributed by atoms with Crippen molar-refractivity contribution in [2.45, 2.75) is 38.3 Å². The Bertz CT molecular complexity index is 1680. The Morgan fingerprint density at radius 2 is 1.98 bits per heavy atom. The minimum absolute atomic E-state index is 0.0267. The van der Waals surface area contributed by atoms with E-state index in [9.17, 15) is 9.65 Å². The summed E-state index contributed by atoms with van der Waals surface area (Å²) in [4.78, 5) is 12.3. The highest BCUT2D eigenvalue weighted by Crippen LogP contribution is 2.38. The summed E-state index contributed by atoms with van der Waals surface area (Å²) in [7, 11) is 0. The van der Waals surface area contributed by atoms with Gasteiger partial charge in [0.2, 0.25) is 0 Å². The van der Waals surface area contributed by atoms with Crippen LogP contribution in [0.3, 0.4) is 0 Å². The molecule has 0 bridgehead atoms. The van der Waals surface area contributed by atoms with Crippen molar-refractivity contribution >= 4 is 62.5 Å². The van der Waals surface area contributed by atoms with E-state index in [-0.39, 0.29) is 11.1 Å². The summed E-state index contributed by atoms with van der Waals surface area (Å²) >= 11 is 14.3. The van der Waals surface area contributed by atoms with E-state index in [1.807, 2.05) is 18.3 Å². The summed E-state index contributed by atoms with van der Waals surface area (Å²) in [5.41, 5.74) is 12.1. The van der Waals surface area contributed by atoms with Gasteiger partial charge in [0.1, 0.15) is 17.9 Å². The van der Waals surface area contributed by atoms with E-state index in [4.69, 9.17) is 23.2 Å². The van der Waals surface area contributed by atoms with Crippen LogP contribution in [0.15, 0.2) is 60.1 Å². The zero-order valence-corrected chi connectivity index (χ0v) is 25.7. The molecule has 2 aromatic heterocycles. The van der Waals surface area contributed by atoms with Crippen molar-refractivity contribution in [1.29, 1.82) is 5.26 Å². The molecule has 0 saturated carbocycles. The highest BCUT2D eigenvalue weighted by molar-refractivity contribution is 7.09. The van der Waals surface area contributed by atoms with Crippen LogP contribution in [0.1, 0.15) is 42.7 Å². The highest BCUT2D eigenvalue weighted by atomic mass is 35.5. The topological polar surface area (TPSA) is 104 Å². The first-order valence-electron chi connectivity index (χ1n) is 14.1. The third kappa shape index (κ3) is 6.34. The van der Waals surface area contributed by atoms with Gasteiger partial charge in [0.25, 0.3) is 0 Å². The second-order valence-electron chi connectivity index (χ2n) is 10.5. The fourth-order valence-electron chi connectivity index (χ4n) is 5.54. The van der Waals surface area contributed by atoms with Crippen molar-refractivity contribution in [3.8, 4) is 6.07 Å². The molecule has 4 N–H and O–H groups in total. The molecule has 222 valence electrons. The molecule has 2 aliphatic heterocycles.